The number of likely N-dealkylation sites (N-methyl/N-ethyl adjacent to an activating group) is 1. The highest BCUT2D eigenvalue weighted by atomic mass is 15.3. The molecule has 0 aliphatic heterocycles. The average Bonchev–Trinajstić information content (AvgIpc) is 2.79. The number of aryl methyl sites for hydroxylation is 1. The van der Waals surface area contributed by atoms with E-state index in [1.165, 1.54) is 0 Å². The van der Waals surface area contributed by atoms with Gasteiger partial charge in [0, 0.05) is 19.6 Å². The molecule has 19 heavy (non-hydrogen) atoms. The Bertz CT molecular complexity index is 531. The van der Waals surface area contributed by atoms with Crippen LogP contribution in [0.3, 0.4) is 0 Å². The van der Waals surface area contributed by atoms with Crippen LogP contribution in [0.15, 0.2) is 12.5 Å². The van der Waals surface area contributed by atoms with Crippen molar-refractivity contribution >= 4 is 16.9 Å². The third-order valence-corrected chi connectivity index (χ3v) is 3.34. The van der Waals surface area contributed by atoms with Crippen LogP contribution in [0, 0.1) is 0 Å². The third kappa shape index (κ3) is 3.01. The summed E-state index contributed by atoms with van der Waals surface area (Å²) in [6, 6.07) is 0.332. The molecule has 2 heterocycles. The van der Waals surface area contributed by atoms with Gasteiger partial charge in [0.15, 0.2) is 5.65 Å². The lowest BCUT2D eigenvalue weighted by atomic mass is 10.3. The normalized spacial score (nSPS) is 13.1. The Hall–Kier alpha value is -1.69. The number of nitrogens with one attached hydrogen (secondary N) is 1. The van der Waals surface area contributed by atoms with Crippen molar-refractivity contribution in [3.8, 4) is 0 Å². The molecule has 0 aliphatic carbocycles. The van der Waals surface area contributed by atoms with Gasteiger partial charge in [-0.3, -0.25) is 4.68 Å². The second-order valence-electron chi connectivity index (χ2n) is 4.76. The summed E-state index contributed by atoms with van der Waals surface area (Å²) in [5.74, 6) is 0.859. The van der Waals surface area contributed by atoms with Crippen molar-refractivity contribution < 1.29 is 0 Å². The number of hydrogen-bond donors (Lipinski definition) is 1. The van der Waals surface area contributed by atoms with E-state index in [1.807, 2.05) is 13.2 Å². The van der Waals surface area contributed by atoms with E-state index < -0.39 is 0 Å². The van der Waals surface area contributed by atoms with Gasteiger partial charge in [-0.05, 0) is 20.0 Å². The summed E-state index contributed by atoms with van der Waals surface area (Å²) in [6.07, 6.45) is 3.39. The SMILES string of the molecule is CCN(CC)CC(C)Nc1ncnc2c1cnn2C. The molecule has 0 fully saturated rings. The van der Waals surface area contributed by atoms with Crippen LogP contribution >= 0.6 is 0 Å². The van der Waals surface area contributed by atoms with Crippen LogP contribution < -0.4 is 5.32 Å². The molecular weight excluding hydrogens is 240 g/mol. The van der Waals surface area contributed by atoms with Crippen LogP contribution in [0.4, 0.5) is 5.82 Å². The summed E-state index contributed by atoms with van der Waals surface area (Å²) in [5.41, 5.74) is 0.854. The van der Waals surface area contributed by atoms with Crippen LogP contribution in [-0.2, 0) is 7.05 Å². The fourth-order valence-corrected chi connectivity index (χ4v) is 2.23. The van der Waals surface area contributed by atoms with Crippen molar-refractivity contribution in [2.75, 3.05) is 25.0 Å². The van der Waals surface area contributed by atoms with Gasteiger partial charge in [0.2, 0.25) is 0 Å². The fourth-order valence-electron chi connectivity index (χ4n) is 2.23. The number of aromatic nitrogens is 4. The Kier molecular flexibility index (Phi) is 4.31. The molecule has 1 unspecified atom stereocenters. The molecular formula is C13H22N6. The van der Waals surface area contributed by atoms with Gasteiger partial charge in [-0.25, -0.2) is 9.97 Å². The molecule has 0 spiro atoms. The highest BCUT2D eigenvalue weighted by molar-refractivity contribution is 5.86. The predicted molar refractivity (Wildman–Crippen MR) is 77.2 cm³/mol. The first-order valence-corrected chi connectivity index (χ1v) is 6.77. The summed E-state index contributed by atoms with van der Waals surface area (Å²) in [4.78, 5) is 11.0. The summed E-state index contributed by atoms with van der Waals surface area (Å²) in [7, 11) is 1.89. The molecule has 0 aliphatic rings. The van der Waals surface area contributed by atoms with Crippen molar-refractivity contribution in [2.24, 2.45) is 7.05 Å². The van der Waals surface area contributed by atoms with Gasteiger partial charge in [-0.15, -0.1) is 0 Å². The monoisotopic (exact) mass is 262 g/mol. The molecule has 6 heteroatoms. The highest BCUT2D eigenvalue weighted by Crippen LogP contribution is 2.18. The zero-order valence-electron chi connectivity index (χ0n) is 12.1. The van der Waals surface area contributed by atoms with Gasteiger partial charge in [0.25, 0.3) is 0 Å². The van der Waals surface area contributed by atoms with E-state index in [0.717, 1.165) is 36.5 Å². The molecule has 2 aromatic rings. The Morgan fingerprint density at radius 2 is 2.05 bits per heavy atom. The van der Waals surface area contributed by atoms with Crippen LogP contribution in [0.1, 0.15) is 20.8 Å². The summed E-state index contributed by atoms with van der Waals surface area (Å²) < 4.78 is 1.76. The first-order chi connectivity index (χ1) is 9.15. The minimum absolute atomic E-state index is 0.332. The molecule has 0 amide bonds. The van der Waals surface area contributed by atoms with Crippen LogP contribution in [-0.4, -0.2) is 50.3 Å². The smallest absolute Gasteiger partial charge is 0.163 e. The topological polar surface area (TPSA) is 58.9 Å². The van der Waals surface area contributed by atoms with Gasteiger partial charge in [-0.1, -0.05) is 13.8 Å². The van der Waals surface area contributed by atoms with Gasteiger partial charge in [0.1, 0.15) is 12.1 Å². The molecule has 2 rings (SSSR count). The lowest BCUT2D eigenvalue weighted by molar-refractivity contribution is 0.294. The minimum atomic E-state index is 0.332. The molecule has 0 aromatic carbocycles. The van der Waals surface area contributed by atoms with Crippen molar-refractivity contribution in [3.05, 3.63) is 12.5 Å². The molecule has 6 nitrogen and oxygen atoms in total. The van der Waals surface area contributed by atoms with Crippen LogP contribution in [0.25, 0.3) is 11.0 Å². The van der Waals surface area contributed by atoms with Gasteiger partial charge >= 0.3 is 0 Å². The van der Waals surface area contributed by atoms with E-state index in [4.69, 9.17) is 0 Å². The zero-order valence-corrected chi connectivity index (χ0v) is 12.1. The number of fused-ring (bicyclic) bond motifs is 1. The molecule has 1 atom stereocenters. The third-order valence-electron chi connectivity index (χ3n) is 3.34. The second kappa shape index (κ2) is 5.97. The van der Waals surface area contributed by atoms with Crippen LogP contribution in [0.5, 0.6) is 0 Å². The second-order valence-corrected chi connectivity index (χ2v) is 4.76. The van der Waals surface area contributed by atoms with Crippen molar-refractivity contribution in [1.29, 1.82) is 0 Å². The minimum Gasteiger partial charge on any atom is -0.366 e. The van der Waals surface area contributed by atoms with Crippen molar-refractivity contribution in [3.63, 3.8) is 0 Å². The molecule has 0 radical (unpaired) electrons. The van der Waals surface area contributed by atoms with Gasteiger partial charge in [0.05, 0.1) is 11.6 Å². The van der Waals surface area contributed by atoms with Crippen molar-refractivity contribution in [2.45, 2.75) is 26.8 Å². The number of hydrogen-bond acceptors (Lipinski definition) is 5. The average molecular weight is 262 g/mol. The van der Waals surface area contributed by atoms with E-state index in [1.54, 1.807) is 11.0 Å². The number of rotatable bonds is 6. The number of anilines is 1. The van der Waals surface area contributed by atoms with E-state index in [0.29, 0.717) is 6.04 Å². The number of nitrogens with zero attached hydrogens (tertiary/aromatic N) is 5. The van der Waals surface area contributed by atoms with E-state index in [9.17, 15) is 0 Å². The molecule has 1 N–H and O–H groups in total. The summed E-state index contributed by atoms with van der Waals surface area (Å²) in [5, 5.41) is 8.64. The first-order valence-electron chi connectivity index (χ1n) is 6.77. The van der Waals surface area contributed by atoms with E-state index in [2.05, 4.69) is 46.1 Å². The predicted octanol–water partition coefficient (Wildman–Crippen LogP) is 1.51. The first kappa shape index (κ1) is 13.7. The maximum atomic E-state index is 4.33. The molecule has 2 aromatic heterocycles. The lowest BCUT2D eigenvalue weighted by Crippen LogP contribution is -2.35. The molecule has 0 bridgehead atoms. The summed E-state index contributed by atoms with van der Waals surface area (Å²) >= 11 is 0. The van der Waals surface area contributed by atoms with Crippen molar-refractivity contribution in [1.82, 2.24) is 24.6 Å². The quantitative estimate of drug-likeness (QED) is 0.855. The standard InChI is InChI=1S/C13H22N6/c1-5-19(6-2)8-10(3)17-12-11-7-16-18(4)13(11)15-9-14-12/h7,9-10H,5-6,8H2,1-4H3,(H,14,15,17). The highest BCUT2D eigenvalue weighted by Gasteiger charge is 2.11. The Morgan fingerprint density at radius 1 is 1.32 bits per heavy atom. The fraction of sp³-hybridized carbons (Fsp3) is 0.615. The Morgan fingerprint density at radius 3 is 2.74 bits per heavy atom. The summed E-state index contributed by atoms with van der Waals surface area (Å²) in [6.45, 7) is 9.66. The maximum absolute atomic E-state index is 4.33. The van der Waals surface area contributed by atoms with Gasteiger partial charge in [-0.2, -0.15) is 5.10 Å². The van der Waals surface area contributed by atoms with Gasteiger partial charge < -0.3 is 10.2 Å². The molecule has 104 valence electrons. The Labute approximate surface area is 113 Å². The molecule has 0 saturated carbocycles. The maximum Gasteiger partial charge on any atom is 0.163 e. The lowest BCUT2D eigenvalue weighted by Gasteiger charge is -2.23. The van der Waals surface area contributed by atoms with E-state index >= 15 is 0 Å². The van der Waals surface area contributed by atoms with E-state index in [-0.39, 0.29) is 0 Å². The zero-order chi connectivity index (χ0) is 13.8. The Balaban J connectivity index is 2.12. The molecule has 0 saturated heterocycles. The van der Waals surface area contributed by atoms with Crippen LogP contribution in [0.2, 0.25) is 0 Å². The largest absolute Gasteiger partial charge is 0.366 e.